The molecule has 1 amide bonds. The van der Waals surface area contributed by atoms with Gasteiger partial charge < -0.3 is 10.4 Å². The normalized spacial score (nSPS) is 11.9. The summed E-state index contributed by atoms with van der Waals surface area (Å²) in [5, 5.41) is 15.7. The number of benzene rings is 1. The number of carboxylic acid groups (broad SMARTS) is 1. The van der Waals surface area contributed by atoms with Crippen molar-refractivity contribution in [2.24, 2.45) is 7.05 Å². The highest BCUT2D eigenvalue weighted by Crippen LogP contribution is 2.07. The second-order valence-corrected chi connectivity index (χ2v) is 5.31. The summed E-state index contributed by atoms with van der Waals surface area (Å²) < 4.78 is 14.5. The van der Waals surface area contributed by atoms with Crippen molar-refractivity contribution in [3.05, 3.63) is 53.6 Å². The van der Waals surface area contributed by atoms with Crippen LogP contribution in [0.3, 0.4) is 0 Å². The molecule has 0 saturated heterocycles. The van der Waals surface area contributed by atoms with Crippen LogP contribution in [0.15, 0.2) is 36.7 Å². The average molecular weight is 319 g/mol. The van der Waals surface area contributed by atoms with Crippen molar-refractivity contribution >= 4 is 11.9 Å². The van der Waals surface area contributed by atoms with Crippen molar-refractivity contribution in [3.8, 4) is 0 Å². The van der Waals surface area contributed by atoms with E-state index < -0.39 is 12.0 Å². The highest BCUT2D eigenvalue weighted by molar-refractivity contribution is 5.83. The number of hydrogen-bond donors (Lipinski definition) is 2. The minimum absolute atomic E-state index is 0.105. The van der Waals surface area contributed by atoms with Gasteiger partial charge in [0.15, 0.2) is 0 Å². The van der Waals surface area contributed by atoms with E-state index >= 15 is 0 Å². The lowest BCUT2D eigenvalue weighted by Gasteiger charge is -2.14. The van der Waals surface area contributed by atoms with E-state index in [2.05, 4.69) is 10.4 Å². The van der Waals surface area contributed by atoms with Gasteiger partial charge in [0.05, 0.1) is 6.20 Å². The molecule has 0 radical (unpaired) electrons. The molecular weight excluding hydrogens is 301 g/mol. The molecule has 2 rings (SSSR count). The first-order chi connectivity index (χ1) is 10.9. The number of rotatable bonds is 7. The van der Waals surface area contributed by atoms with E-state index in [0.29, 0.717) is 12.0 Å². The molecule has 0 unspecified atom stereocenters. The third-order valence-corrected chi connectivity index (χ3v) is 3.39. The number of carbonyl (C=O) groups is 2. The molecule has 1 aromatic heterocycles. The summed E-state index contributed by atoms with van der Waals surface area (Å²) in [6, 6.07) is 4.50. The zero-order valence-electron chi connectivity index (χ0n) is 12.7. The Morgan fingerprint density at radius 2 is 2.00 bits per heavy atom. The van der Waals surface area contributed by atoms with Crippen LogP contribution in [0, 0.1) is 5.82 Å². The number of amides is 1. The Morgan fingerprint density at radius 1 is 1.30 bits per heavy atom. The fourth-order valence-electron chi connectivity index (χ4n) is 2.18. The Balaban J connectivity index is 1.89. The maximum atomic E-state index is 12.9. The highest BCUT2D eigenvalue weighted by Gasteiger charge is 2.20. The minimum atomic E-state index is -1.12. The Bertz CT molecular complexity index is 682. The number of aryl methyl sites for hydroxylation is 2. The number of aliphatic carboxylic acids is 1. The molecule has 1 atom stereocenters. The summed E-state index contributed by atoms with van der Waals surface area (Å²) in [4.78, 5) is 23.2. The first kappa shape index (κ1) is 16.7. The van der Waals surface area contributed by atoms with Gasteiger partial charge in [0.25, 0.3) is 0 Å². The van der Waals surface area contributed by atoms with Crippen LogP contribution in [0.4, 0.5) is 4.39 Å². The molecule has 1 heterocycles. The fourth-order valence-corrected chi connectivity index (χ4v) is 2.18. The maximum Gasteiger partial charge on any atom is 0.326 e. The number of carboxylic acids is 1. The summed E-state index contributed by atoms with van der Waals surface area (Å²) in [7, 11) is 1.78. The van der Waals surface area contributed by atoms with Gasteiger partial charge in [-0.2, -0.15) is 5.10 Å². The van der Waals surface area contributed by atoms with Gasteiger partial charge in [-0.15, -0.1) is 0 Å². The molecule has 7 heteroatoms. The van der Waals surface area contributed by atoms with E-state index in [1.165, 1.54) is 24.3 Å². The molecule has 0 fully saturated rings. The lowest BCUT2D eigenvalue weighted by atomic mass is 10.1. The number of nitrogens with zero attached hydrogens (tertiary/aromatic N) is 2. The Morgan fingerprint density at radius 3 is 2.57 bits per heavy atom. The molecule has 2 N–H and O–H groups in total. The van der Waals surface area contributed by atoms with Gasteiger partial charge in [-0.1, -0.05) is 12.1 Å². The molecule has 6 nitrogen and oxygen atoms in total. The van der Waals surface area contributed by atoms with Crippen LogP contribution in [0.2, 0.25) is 0 Å². The van der Waals surface area contributed by atoms with Crippen LogP contribution in [-0.2, 0) is 29.5 Å². The van der Waals surface area contributed by atoms with Crippen molar-refractivity contribution < 1.29 is 19.1 Å². The van der Waals surface area contributed by atoms with Crippen molar-refractivity contribution in [2.45, 2.75) is 25.3 Å². The van der Waals surface area contributed by atoms with Gasteiger partial charge in [-0.25, -0.2) is 9.18 Å². The number of nitrogens with one attached hydrogen (secondary N) is 1. The van der Waals surface area contributed by atoms with Crippen LogP contribution in [0.25, 0.3) is 0 Å². The highest BCUT2D eigenvalue weighted by atomic mass is 19.1. The lowest BCUT2D eigenvalue weighted by molar-refractivity contribution is -0.141. The Hall–Kier alpha value is -2.70. The molecule has 122 valence electrons. The summed E-state index contributed by atoms with van der Waals surface area (Å²) >= 11 is 0. The topological polar surface area (TPSA) is 84.2 Å². The van der Waals surface area contributed by atoms with Crippen LogP contribution < -0.4 is 5.32 Å². The zero-order chi connectivity index (χ0) is 16.8. The standard InChI is InChI=1S/C16H18FN3O3/c1-20-10-12(9-18-20)4-7-15(21)19-14(16(22)23)8-11-2-5-13(17)6-3-11/h2-3,5-6,9-10,14H,4,7-8H2,1H3,(H,19,21)(H,22,23)/t14-/m0/s1. The van der Waals surface area contributed by atoms with Crippen LogP contribution in [0.5, 0.6) is 0 Å². The second-order valence-electron chi connectivity index (χ2n) is 5.31. The summed E-state index contributed by atoms with van der Waals surface area (Å²) in [6.45, 7) is 0. The van der Waals surface area contributed by atoms with Crippen LogP contribution in [0.1, 0.15) is 17.5 Å². The first-order valence-corrected chi connectivity index (χ1v) is 7.18. The first-order valence-electron chi connectivity index (χ1n) is 7.18. The summed E-state index contributed by atoms with van der Waals surface area (Å²) in [6.07, 6.45) is 4.25. The molecule has 0 aliphatic rings. The molecule has 0 saturated carbocycles. The van der Waals surface area contributed by atoms with E-state index in [9.17, 15) is 19.1 Å². The molecule has 0 spiro atoms. The predicted octanol–water partition coefficient (Wildman–Crippen LogP) is 1.30. The van der Waals surface area contributed by atoms with E-state index in [4.69, 9.17) is 0 Å². The van der Waals surface area contributed by atoms with E-state index in [1.807, 2.05) is 0 Å². The van der Waals surface area contributed by atoms with E-state index in [0.717, 1.165) is 5.56 Å². The van der Waals surface area contributed by atoms with Crippen LogP contribution >= 0.6 is 0 Å². The lowest BCUT2D eigenvalue weighted by Crippen LogP contribution is -2.42. The summed E-state index contributed by atoms with van der Waals surface area (Å²) in [5.41, 5.74) is 1.56. The van der Waals surface area contributed by atoms with Crippen molar-refractivity contribution in [2.75, 3.05) is 0 Å². The van der Waals surface area contributed by atoms with Crippen LogP contribution in [-0.4, -0.2) is 32.8 Å². The van der Waals surface area contributed by atoms with Gasteiger partial charge in [0, 0.05) is 26.1 Å². The van der Waals surface area contributed by atoms with Crippen molar-refractivity contribution in [1.29, 1.82) is 0 Å². The predicted molar refractivity (Wildman–Crippen MR) is 81.2 cm³/mol. The van der Waals surface area contributed by atoms with Crippen molar-refractivity contribution in [1.82, 2.24) is 15.1 Å². The molecule has 0 aliphatic heterocycles. The third-order valence-electron chi connectivity index (χ3n) is 3.39. The molecule has 0 bridgehead atoms. The smallest absolute Gasteiger partial charge is 0.326 e. The zero-order valence-corrected chi connectivity index (χ0v) is 12.7. The van der Waals surface area contributed by atoms with Gasteiger partial charge >= 0.3 is 5.97 Å². The number of hydrogen-bond acceptors (Lipinski definition) is 3. The van der Waals surface area contributed by atoms with E-state index in [1.54, 1.807) is 24.1 Å². The molecule has 0 aliphatic carbocycles. The SMILES string of the molecule is Cn1cc(CCC(=O)N[C@@H](Cc2ccc(F)cc2)C(=O)O)cn1. The molecular formula is C16H18FN3O3. The van der Waals surface area contributed by atoms with Gasteiger partial charge in [0.2, 0.25) is 5.91 Å². The Kier molecular flexibility index (Phi) is 5.46. The largest absolute Gasteiger partial charge is 0.480 e. The fraction of sp³-hybridized carbons (Fsp3) is 0.312. The maximum absolute atomic E-state index is 12.9. The monoisotopic (exact) mass is 319 g/mol. The molecule has 23 heavy (non-hydrogen) atoms. The molecule has 2 aromatic rings. The minimum Gasteiger partial charge on any atom is -0.480 e. The van der Waals surface area contributed by atoms with E-state index in [-0.39, 0.29) is 24.6 Å². The third kappa shape index (κ3) is 5.21. The number of halogens is 1. The number of carbonyl (C=O) groups excluding carboxylic acids is 1. The van der Waals surface area contributed by atoms with Gasteiger partial charge in [-0.05, 0) is 29.7 Å². The summed E-state index contributed by atoms with van der Waals surface area (Å²) in [5.74, 6) is -1.85. The average Bonchev–Trinajstić information content (AvgIpc) is 2.92. The second kappa shape index (κ2) is 7.53. The van der Waals surface area contributed by atoms with Crippen molar-refractivity contribution in [3.63, 3.8) is 0 Å². The van der Waals surface area contributed by atoms with Gasteiger partial charge in [-0.3, -0.25) is 9.48 Å². The quantitative estimate of drug-likeness (QED) is 0.806. The number of aromatic nitrogens is 2. The Labute approximate surface area is 132 Å². The van der Waals surface area contributed by atoms with Gasteiger partial charge in [0.1, 0.15) is 11.9 Å². The molecule has 1 aromatic carbocycles.